The molecule has 1 heterocycles. The molecule has 0 spiro atoms. The molecular formula is C14H14N2O3S. The van der Waals surface area contributed by atoms with Crippen molar-refractivity contribution in [2.75, 3.05) is 0 Å². The number of carboxylic acid groups (broad SMARTS) is 1. The largest absolute Gasteiger partial charge is 0.481 e. The van der Waals surface area contributed by atoms with Gasteiger partial charge in [0, 0.05) is 11.9 Å². The molecule has 2 aromatic rings. The Labute approximate surface area is 120 Å². The smallest absolute Gasteiger partial charge is 0.307 e. The minimum absolute atomic E-state index is 0.0537. The molecule has 0 atom stereocenters. The number of carbonyl (C=O) groups is 2. The zero-order chi connectivity index (χ0) is 14.5. The van der Waals surface area contributed by atoms with E-state index in [9.17, 15) is 9.59 Å². The van der Waals surface area contributed by atoms with Crippen LogP contribution < -0.4 is 5.32 Å². The summed E-state index contributed by atoms with van der Waals surface area (Å²) in [5.41, 5.74) is 1.90. The quantitative estimate of drug-likeness (QED) is 0.883. The minimum Gasteiger partial charge on any atom is -0.481 e. The van der Waals surface area contributed by atoms with Gasteiger partial charge in [-0.05, 0) is 18.1 Å². The van der Waals surface area contributed by atoms with Crippen LogP contribution in [-0.2, 0) is 17.8 Å². The Morgan fingerprint density at radius 3 is 2.60 bits per heavy atom. The van der Waals surface area contributed by atoms with Gasteiger partial charge in [-0.15, -0.1) is 11.3 Å². The van der Waals surface area contributed by atoms with E-state index in [2.05, 4.69) is 10.3 Å². The molecule has 0 aliphatic rings. The van der Waals surface area contributed by atoms with Gasteiger partial charge in [-0.1, -0.05) is 24.3 Å². The molecule has 0 bridgehead atoms. The number of aliphatic carboxylic acids is 1. The average Bonchev–Trinajstić information content (AvgIpc) is 2.83. The number of aryl methyl sites for hydroxylation is 1. The second-order valence-electron chi connectivity index (χ2n) is 4.27. The number of thiazole rings is 1. The number of hydrogen-bond acceptors (Lipinski definition) is 4. The van der Waals surface area contributed by atoms with Crippen molar-refractivity contribution < 1.29 is 14.7 Å². The Kier molecular flexibility index (Phi) is 4.47. The summed E-state index contributed by atoms with van der Waals surface area (Å²) < 4.78 is 0. The molecule has 0 saturated heterocycles. The van der Waals surface area contributed by atoms with Gasteiger partial charge >= 0.3 is 5.97 Å². The van der Waals surface area contributed by atoms with Gasteiger partial charge in [0.05, 0.1) is 11.4 Å². The molecule has 2 rings (SSSR count). The molecule has 0 aliphatic carbocycles. The number of carboxylic acids is 1. The Hall–Kier alpha value is -2.21. The minimum atomic E-state index is -0.890. The number of amides is 1. The van der Waals surface area contributed by atoms with E-state index < -0.39 is 5.97 Å². The van der Waals surface area contributed by atoms with Crippen LogP contribution >= 0.6 is 11.3 Å². The first-order valence-electron chi connectivity index (χ1n) is 6.05. The first-order chi connectivity index (χ1) is 9.56. The SMILES string of the molecule is Cc1nc(C(=O)NCc2ccccc2CC(=O)O)cs1. The van der Waals surface area contributed by atoms with Crippen molar-refractivity contribution in [3.63, 3.8) is 0 Å². The van der Waals surface area contributed by atoms with Crippen LogP contribution in [0.1, 0.15) is 26.6 Å². The summed E-state index contributed by atoms with van der Waals surface area (Å²) in [5.74, 6) is -1.14. The fourth-order valence-electron chi connectivity index (χ4n) is 1.80. The van der Waals surface area contributed by atoms with Crippen molar-refractivity contribution in [3.8, 4) is 0 Å². The molecule has 2 N–H and O–H groups in total. The molecule has 0 unspecified atom stereocenters. The molecule has 1 aromatic carbocycles. The van der Waals surface area contributed by atoms with Crippen LogP contribution in [0.5, 0.6) is 0 Å². The highest BCUT2D eigenvalue weighted by Crippen LogP contribution is 2.11. The van der Waals surface area contributed by atoms with E-state index in [-0.39, 0.29) is 12.3 Å². The summed E-state index contributed by atoms with van der Waals surface area (Å²) in [4.78, 5) is 26.8. The molecule has 1 aromatic heterocycles. The standard InChI is InChI=1S/C14H14N2O3S/c1-9-16-12(8-20-9)14(19)15-7-11-5-3-2-4-10(11)6-13(17)18/h2-5,8H,6-7H2,1H3,(H,15,19)(H,17,18). The molecule has 6 heteroatoms. The number of hydrogen-bond donors (Lipinski definition) is 2. The summed E-state index contributed by atoms with van der Waals surface area (Å²) >= 11 is 1.42. The lowest BCUT2D eigenvalue weighted by molar-refractivity contribution is -0.136. The zero-order valence-electron chi connectivity index (χ0n) is 10.9. The Morgan fingerprint density at radius 2 is 2.00 bits per heavy atom. The third-order valence-electron chi connectivity index (χ3n) is 2.75. The van der Waals surface area contributed by atoms with Gasteiger partial charge in [0.1, 0.15) is 5.69 Å². The Balaban J connectivity index is 2.03. The molecule has 1 amide bonds. The molecular weight excluding hydrogens is 276 g/mol. The number of nitrogens with zero attached hydrogens (tertiary/aromatic N) is 1. The van der Waals surface area contributed by atoms with Crippen molar-refractivity contribution >= 4 is 23.2 Å². The maximum Gasteiger partial charge on any atom is 0.307 e. The molecule has 0 aliphatic heterocycles. The van der Waals surface area contributed by atoms with Crippen molar-refractivity contribution in [1.82, 2.24) is 10.3 Å². The predicted octanol–water partition coefficient (Wildman–Crippen LogP) is 2.01. The van der Waals surface area contributed by atoms with E-state index in [0.29, 0.717) is 17.8 Å². The van der Waals surface area contributed by atoms with Crippen LogP contribution in [0.25, 0.3) is 0 Å². The lowest BCUT2D eigenvalue weighted by Gasteiger charge is -2.08. The average molecular weight is 290 g/mol. The highest BCUT2D eigenvalue weighted by Gasteiger charge is 2.11. The molecule has 20 heavy (non-hydrogen) atoms. The number of carbonyl (C=O) groups excluding carboxylic acids is 1. The van der Waals surface area contributed by atoms with E-state index in [1.807, 2.05) is 19.1 Å². The van der Waals surface area contributed by atoms with Crippen LogP contribution in [0, 0.1) is 6.92 Å². The predicted molar refractivity (Wildman–Crippen MR) is 75.8 cm³/mol. The summed E-state index contributed by atoms with van der Waals surface area (Å²) in [7, 11) is 0. The Bertz CT molecular complexity index is 637. The van der Waals surface area contributed by atoms with Gasteiger partial charge in [0.2, 0.25) is 0 Å². The van der Waals surface area contributed by atoms with Crippen LogP contribution in [0.2, 0.25) is 0 Å². The third kappa shape index (κ3) is 3.64. The number of nitrogens with one attached hydrogen (secondary N) is 1. The van der Waals surface area contributed by atoms with Crippen molar-refractivity contribution in [2.45, 2.75) is 19.9 Å². The molecule has 0 saturated carbocycles. The molecule has 104 valence electrons. The zero-order valence-corrected chi connectivity index (χ0v) is 11.7. The van der Waals surface area contributed by atoms with Gasteiger partial charge < -0.3 is 10.4 Å². The summed E-state index contributed by atoms with van der Waals surface area (Å²) in [6.07, 6.45) is -0.0537. The molecule has 5 nitrogen and oxygen atoms in total. The van der Waals surface area contributed by atoms with Gasteiger partial charge in [-0.25, -0.2) is 4.98 Å². The van der Waals surface area contributed by atoms with Crippen molar-refractivity contribution in [2.24, 2.45) is 0 Å². The molecule has 0 fully saturated rings. The normalized spacial score (nSPS) is 10.2. The van der Waals surface area contributed by atoms with E-state index in [1.54, 1.807) is 17.5 Å². The van der Waals surface area contributed by atoms with Crippen LogP contribution in [0.15, 0.2) is 29.6 Å². The van der Waals surface area contributed by atoms with Crippen LogP contribution in [0.4, 0.5) is 0 Å². The second-order valence-corrected chi connectivity index (χ2v) is 5.34. The maximum atomic E-state index is 11.9. The van der Waals surface area contributed by atoms with E-state index in [4.69, 9.17) is 5.11 Å². The van der Waals surface area contributed by atoms with Crippen LogP contribution in [-0.4, -0.2) is 22.0 Å². The number of rotatable bonds is 5. The van der Waals surface area contributed by atoms with Gasteiger partial charge in [0.15, 0.2) is 0 Å². The monoisotopic (exact) mass is 290 g/mol. The van der Waals surface area contributed by atoms with Crippen LogP contribution in [0.3, 0.4) is 0 Å². The fourth-order valence-corrected chi connectivity index (χ4v) is 2.39. The molecule has 0 radical (unpaired) electrons. The summed E-state index contributed by atoms with van der Waals surface area (Å²) in [6.45, 7) is 2.13. The van der Waals surface area contributed by atoms with E-state index >= 15 is 0 Å². The van der Waals surface area contributed by atoms with E-state index in [0.717, 1.165) is 10.6 Å². The van der Waals surface area contributed by atoms with Gasteiger partial charge in [-0.2, -0.15) is 0 Å². The van der Waals surface area contributed by atoms with Crippen molar-refractivity contribution in [3.05, 3.63) is 51.5 Å². The second kappa shape index (κ2) is 6.29. The lowest BCUT2D eigenvalue weighted by Crippen LogP contribution is -2.24. The number of aromatic nitrogens is 1. The summed E-state index contributed by atoms with van der Waals surface area (Å²) in [6, 6.07) is 7.17. The maximum absolute atomic E-state index is 11.9. The third-order valence-corrected chi connectivity index (χ3v) is 3.52. The summed E-state index contributed by atoms with van der Waals surface area (Å²) in [5, 5.41) is 14.1. The lowest BCUT2D eigenvalue weighted by atomic mass is 10.0. The highest BCUT2D eigenvalue weighted by molar-refractivity contribution is 7.09. The van der Waals surface area contributed by atoms with Crippen molar-refractivity contribution in [1.29, 1.82) is 0 Å². The first kappa shape index (κ1) is 14.2. The Morgan fingerprint density at radius 1 is 1.30 bits per heavy atom. The van der Waals surface area contributed by atoms with Gasteiger partial charge in [0.25, 0.3) is 5.91 Å². The first-order valence-corrected chi connectivity index (χ1v) is 6.93. The number of benzene rings is 1. The van der Waals surface area contributed by atoms with E-state index in [1.165, 1.54) is 11.3 Å². The topological polar surface area (TPSA) is 79.3 Å². The highest BCUT2D eigenvalue weighted by atomic mass is 32.1. The van der Waals surface area contributed by atoms with Gasteiger partial charge in [-0.3, -0.25) is 9.59 Å². The fraction of sp³-hybridized carbons (Fsp3) is 0.214.